The average molecular weight is 284 g/mol. The molecule has 0 aromatic heterocycles. The summed E-state index contributed by atoms with van der Waals surface area (Å²) in [6.45, 7) is 2.25. The second kappa shape index (κ2) is 6.71. The van der Waals surface area contributed by atoms with Crippen LogP contribution in [-0.2, 0) is 6.42 Å². The van der Waals surface area contributed by atoms with E-state index in [2.05, 4.69) is 6.92 Å². The minimum atomic E-state index is -0.231. The molecule has 1 nitrogen and oxygen atoms in total. The Hall–Kier alpha value is -0.600. The van der Waals surface area contributed by atoms with Crippen molar-refractivity contribution in [1.29, 1.82) is 0 Å². The van der Waals surface area contributed by atoms with Gasteiger partial charge in [0, 0.05) is 11.1 Å². The summed E-state index contributed by atoms with van der Waals surface area (Å²) < 4.78 is 13.8. The second-order valence-electron chi connectivity index (χ2n) is 5.80. The van der Waals surface area contributed by atoms with Crippen LogP contribution < -0.4 is 5.73 Å². The summed E-state index contributed by atoms with van der Waals surface area (Å²) in [4.78, 5) is 0. The van der Waals surface area contributed by atoms with Crippen molar-refractivity contribution in [2.24, 2.45) is 17.6 Å². The molecule has 0 heterocycles. The minimum absolute atomic E-state index is 0.0602. The maximum atomic E-state index is 13.8. The van der Waals surface area contributed by atoms with Crippen LogP contribution >= 0.6 is 11.6 Å². The molecule has 0 saturated heterocycles. The van der Waals surface area contributed by atoms with Crippen molar-refractivity contribution in [3.8, 4) is 0 Å². The van der Waals surface area contributed by atoms with E-state index < -0.39 is 0 Å². The van der Waals surface area contributed by atoms with Crippen molar-refractivity contribution < 1.29 is 4.39 Å². The van der Waals surface area contributed by atoms with Gasteiger partial charge in [-0.3, -0.25) is 0 Å². The molecule has 1 aromatic carbocycles. The van der Waals surface area contributed by atoms with Gasteiger partial charge < -0.3 is 5.73 Å². The van der Waals surface area contributed by atoms with Crippen LogP contribution in [0.4, 0.5) is 4.39 Å². The van der Waals surface area contributed by atoms with Gasteiger partial charge in [0.2, 0.25) is 0 Å². The van der Waals surface area contributed by atoms with Crippen molar-refractivity contribution in [1.82, 2.24) is 0 Å². The summed E-state index contributed by atoms with van der Waals surface area (Å²) in [5, 5.41) is 0.443. The maximum absolute atomic E-state index is 13.8. The SMILES string of the molecule is CCC1CCCC(C(N)Cc2ccc(Cl)cc2F)C1. The molecular weight excluding hydrogens is 261 g/mol. The molecule has 0 radical (unpaired) electrons. The number of hydrogen-bond acceptors (Lipinski definition) is 1. The first-order chi connectivity index (χ1) is 9.10. The Bertz CT molecular complexity index is 421. The first-order valence-corrected chi connectivity index (χ1v) is 7.67. The third-order valence-corrected chi connectivity index (χ3v) is 4.71. The smallest absolute Gasteiger partial charge is 0.127 e. The van der Waals surface area contributed by atoms with E-state index in [9.17, 15) is 4.39 Å². The molecule has 1 fully saturated rings. The predicted octanol–water partition coefficient (Wildman–Crippen LogP) is 4.57. The molecule has 106 valence electrons. The molecular formula is C16H23ClFN. The number of halogens is 2. The molecule has 1 saturated carbocycles. The van der Waals surface area contributed by atoms with Crippen molar-refractivity contribution in [3.05, 3.63) is 34.6 Å². The van der Waals surface area contributed by atoms with E-state index in [0.29, 0.717) is 22.9 Å². The molecule has 1 aromatic rings. The van der Waals surface area contributed by atoms with E-state index >= 15 is 0 Å². The van der Waals surface area contributed by atoms with Crippen LogP contribution in [0.5, 0.6) is 0 Å². The molecule has 1 aliphatic rings. The highest BCUT2D eigenvalue weighted by atomic mass is 35.5. The monoisotopic (exact) mass is 283 g/mol. The van der Waals surface area contributed by atoms with E-state index in [1.165, 1.54) is 38.2 Å². The zero-order chi connectivity index (χ0) is 13.8. The lowest BCUT2D eigenvalue weighted by Crippen LogP contribution is -2.35. The van der Waals surface area contributed by atoms with Crippen LogP contribution in [0.1, 0.15) is 44.6 Å². The van der Waals surface area contributed by atoms with Gasteiger partial charge in [0.15, 0.2) is 0 Å². The van der Waals surface area contributed by atoms with E-state index in [-0.39, 0.29) is 11.9 Å². The Morgan fingerprint density at radius 3 is 2.89 bits per heavy atom. The maximum Gasteiger partial charge on any atom is 0.127 e. The number of rotatable bonds is 4. The molecule has 0 amide bonds. The first-order valence-electron chi connectivity index (χ1n) is 7.29. The lowest BCUT2D eigenvalue weighted by molar-refractivity contribution is 0.228. The van der Waals surface area contributed by atoms with Gasteiger partial charge in [-0.25, -0.2) is 4.39 Å². The molecule has 0 bridgehead atoms. The van der Waals surface area contributed by atoms with Gasteiger partial charge in [-0.15, -0.1) is 0 Å². The minimum Gasteiger partial charge on any atom is -0.327 e. The van der Waals surface area contributed by atoms with Crippen molar-refractivity contribution >= 4 is 11.6 Å². The van der Waals surface area contributed by atoms with Gasteiger partial charge >= 0.3 is 0 Å². The zero-order valence-corrected chi connectivity index (χ0v) is 12.3. The van der Waals surface area contributed by atoms with Crippen molar-refractivity contribution in [2.75, 3.05) is 0 Å². The van der Waals surface area contributed by atoms with Crippen LogP contribution in [0, 0.1) is 17.7 Å². The third-order valence-electron chi connectivity index (χ3n) is 4.48. The Morgan fingerprint density at radius 2 is 2.21 bits per heavy atom. The molecule has 1 aliphatic carbocycles. The molecule has 3 unspecified atom stereocenters. The van der Waals surface area contributed by atoms with Gasteiger partial charge in [0.25, 0.3) is 0 Å². The van der Waals surface area contributed by atoms with Crippen LogP contribution in [0.3, 0.4) is 0 Å². The lowest BCUT2D eigenvalue weighted by atomic mass is 9.76. The summed E-state index contributed by atoms with van der Waals surface area (Å²) >= 11 is 5.77. The van der Waals surface area contributed by atoms with E-state index in [4.69, 9.17) is 17.3 Å². The fourth-order valence-electron chi connectivity index (χ4n) is 3.20. The number of hydrogen-bond donors (Lipinski definition) is 1. The van der Waals surface area contributed by atoms with E-state index in [0.717, 1.165) is 5.92 Å². The van der Waals surface area contributed by atoms with Crippen LogP contribution in [0.15, 0.2) is 18.2 Å². The van der Waals surface area contributed by atoms with Crippen molar-refractivity contribution in [3.63, 3.8) is 0 Å². The summed E-state index contributed by atoms with van der Waals surface area (Å²) in [6.07, 6.45) is 6.83. The van der Waals surface area contributed by atoms with Crippen LogP contribution in [0.2, 0.25) is 5.02 Å². The standard InChI is InChI=1S/C16H23ClFN/c1-2-11-4-3-5-13(8-11)16(19)9-12-6-7-14(17)10-15(12)18/h6-7,10-11,13,16H,2-5,8-9,19H2,1H3. The molecule has 2 N–H and O–H groups in total. The number of nitrogens with two attached hydrogens (primary N) is 1. The second-order valence-corrected chi connectivity index (χ2v) is 6.24. The van der Waals surface area contributed by atoms with Crippen LogP contribution in [-0.4, -0.2) is 6.04 Å². The van der Waals surface area contributed by atoms with Gasteiger partial charge in [0.1, 0.15) is 5.82 Å². The molecule has 2 rings (SSSR count). The normalized spacial score (nSPS) is 25.3. The molecule has 0 aliphatic heterocycles. The Kier molecular flexibility index (Phi) is 5.23. The number of benzene rings is 1. The third kappa shape index (κ3) is 3.93. The predicted molar refractivity (Wildman–Crippen MR) is 78.8 cm³/mol. The van der Waals surface area contributed by atoms with Gasteiger partial charge in [-0.1, -0.05) is 43.9 Å². The Morgan fingerprint density at radius 1 is 1.42 bits per heavy atom. The van der Waals surface area contributed by atoms with E-state index in [1.54, 1.807) is 12.1 Å². The lowest BCUT2D eigenvalue weighted by Gasteiger charge is -2.32. The molecule has 3 atom stereocenters. The quantitative estimate of drug-likeness (QED) is 0.861. The molecule has 19 heavy (non-hydrogen) atoms. The highest BCUT2D eigenvalue weighted by Crippen LogP contribution is 2.33. The fraction of sp³-hybridized carbons (Fsp3) is 0.625. The molecule has 0 spiro atoms. The van der Waals surface area contributed by atoms with Gasteiger partial charge in [0.05, 0.1) is 0 Å². The van der Waals surface area contributed by atoms with Gasteiger partial charge in [-0.2, -0.15) is 0 Å². The fourth-order valence-corrected chi connectivity index (χ4v) is 3.36. The first kappa shape index (κ1) is 14.8. The topological polar surface area (TPSA) is 26.0 Å². The summed E-state index contributed by atoms with van der Waals surface area (Å²) in [6, 6.07) is 4.93. The van der Waals surface area contributed by atoms with Gasteiger partial charge in [-0.05, 0) is 48.8 Å². The highest BCUT2D eigenvalue weighted by molar-refractivity contribution is 6.30. The Labute approximate surface area is 120 Å². The summed E-state index contributed by atoms with van der Waals surface area (Å²) in [7, 11) is 0. The van der Waals surface area contributed by atoms with Crippen LogP contribution in [0.25, 0.3) is 0 Å². The highest BCUT2D eigenvalue weighted by Gasteiger charge is 2.26. The zero-order valence-electron chi connectivity index (χ0n) is 11.5. The summed E-state index contributed by atoms with van der Waals surface area (Å²) in [5.74, 6) is 1.11. The molecule has 3 heteroatoms. The van der Waals surface area contributed by atoms with Crippen molar-refractivity contribution in [2.45, 2.75) is 51.5 Å². The average Bonchev–Trinajstić information content (AvgIpc) is 2.42. The van der Waals surface area contributed by atoms with E-state index in [1.807, 2.05) is 0 Å². The largest absolute Gasteiger partial charge is 0.327 e. The Balaban J connectivity index is 1.98. The summed E-state index contributed by atoms with van der Waals surface area (Å²) in [5.41, 5.74) is 6.99.